The van der Waals surface area contributed by atoms with Crippen molar-refractivity contribution in [1.29, 1.82) is 0 Å². The van der Waals surface area contributed by atoms with Gasteiger partial charge in [-0.3, -0.25) is 0 Å². The molecule has 3 heteroatoms. The summed E-state index contributed by atoms with van der Waals surface area (Å²) in [4.78, 5) is 2.42. The Bertz CT molecular complexity index is 3050. The van der Waals surface area contributed by atoms with Crippen LogP contribution < -0.4 is 4.90 Å². The SMILES string of the molecule is CC1(C)c2ccccc2-c2c(N(c3ccc(-c4c5ccccc5cc5oc6ccccc6c45)cc3)c3ccc4oc5ccccc5c4c3)cccc21. The van der Waals surface area contributed by atoms with Gasteiger partial charge < -0.3 is 13.7 Å². The molecule has 52 heavy (non-hydrogen) atoms. The normalized spacial score (nSPS) is 13.3. The molecule has 0 bridgehead atoms. The highest BCUT2D eigenvalue weighted by molar-refractivity contribution is 6.20. The largest absolute Gasteiger partial charge is 0.456 e. The molecule has 1 aliphatic rings. The molecule has 246 valence electrons. The highest BCUT2D eigenvalue weighted by Gasteiger charge is 2.37. The molecule has 10 aromatic rings. The van der Waals surface area contributed by atoms with E-state index in [9.17, 15) is 0 Å². The number of rotatable bonds is 4. The zero-order valence-electron chi connectivity index (χ0n) is 28.9. The Hall–Kier alpha value is -6.58. The third-order valence-electron chi connectivity index (χ3n) is 11.2. The molecular weight excluding hydrogens is 635 g/mol. The van der Waals surface area contributed by atoms with Crippen LogP contribution >= 0.6 is 0 Å². The average Bonchev–Trinajstić information content (AvgIpc) is 3.82. The minimum atomic E-state index is -0.116. The smallest absolute Gasteiger partial charge is 0.136 e. The molecule has 0 unspecified atom stereocenters. The van der Waals surface area contributed by atoms with E-state index in [1.54, 1.807) is 0 Å². The zero-order valence-corrected chi connectivity index (χ0v) is 28.9. The molecule has 0 radical (unpaired) electrons. The van der Waals surface area contributed by atoms with Gasteiger partial charge in [0.2, 0.25) is 0 Å². The van der Waals surface area contributed by atoms with E-state index in [2.05, 4.69) is 164 Å². The van der Waals surface area contributed by atoms with Crippen LogP contribution in [0.1, 0.15) is 25.0 Å². The summed E-state index contributed by atoms with van der Waals surface area (Å²) in [6.45, 7) is 4.68. The summed E-state index contributed by atoms with van der Waals surface area (Å²) < 4.78 is 12.7. The van der Waals surface area contributed by atoms with Crippen molar-refractivity contribution >= 4 is 71.7 Å². The van der Waals surface area contributed by atoms with Crippen molar-refractivity contribution < 1.29 is 8.83 Å². The highest BCUT2D eigenvalue weighted by atomic mass is 16.3. The van der Waals surface area contributed by atoms with Crippen LogP contribution in [0.5, 0.6) is 0 Å². The van der Waals surface area contributed by atoms with Gasteiger partial charge in [-0.05, 0) is 87.6 Å². The maximum Gasteiger partial charge on any atom is 0.136 e. The van der Waals surface area contributed by atoms with Crippen LogP contribution in [0.4, 0.5) is 17.1 Å². The van der Waals surface area contributed by atoms with Crippen LogP contribution in [0.25, 0.3) is 76.9 Å². The number of furan rings is 2. The van der Waals surface area contributed by atoms with Crippen LogP contribution in [0, 0.1) is 0 Å². The maximum absolute atomic E-state index is 6.43. The monoisotopic (exact) mass is 667 g/mol. The van der Waals surface area contributed by atoms with Crippen LogP contribution in [0.2, 0.25) is 0 Å². The van der Waals surface area contributed by atoms with E-state index in [1.165, 1.54) is 33.2 Å². The van der Waals surface area contributed by atoms with Gasteiger partial charge in [-0.1, -0.05) is 123 Å². The zero-order chi connectivity index (χ0) is 34.6. The summed E-state index contributed by atoms with van der Waals surface area (Å²) in [7, 11) is 0. The number of para-hydroxylation sites is 2. The molecule has 2 heterocycles. The first-order valence-corrected chi connectivity index (χ1v) is 17.9. The summed E-state index contributed by atoms with van der Waals surface area (Å²) in [5, 5.41) is 6.88. The van der Waals surface area contributed by atoms with E-state index >= 15 is 0 Å². The van der Waals surface area contributed by atoms with Gasteiger partial charge >= 0.3 is 0 Å². The first-order valence-electron chi connectivity index (χ1n) is 17.9. The van der Waals surface area contributed by atoms with Gasteiger partial charge in [0.1, 0.15) is 22.3 Å². The Morgan fingerprint density at radius 3 is 1.92 bits per heavy atom. The molecule has 0 amide bonds. The molecule has 0 atom stereocenters. The summed E-state index contributed by atoms with van der Waals surface area (Å²) in [6, 6.07) is 58.8. The summed E-state index contributed by atoms with van der Waals surface area (Å²) in [5.41, 5.74) is 14.4. The molecule has 1 aliphatic carbocycles. The lowest BCUT2D eigenvalue weighted by Crippen LogP contribution is -2.16. The van der Waals surface area contributed by atoms with Crippen molar-refractivity contribution in [3.63, 3.8) is 0 Å². The molecule has 0 saturated heterocycles. The molecule has 0 N–H and O–H groups in total. The van der Waals surface area contributed by atoms with Crippen molar-refractivity contribution in [1.82, 2.24) is 0 Å². The molecule has 8 aromatic carbocycles. The highest BCUT2D eigenvalue weighted by Crippen LogP contribution is 2.54. The van der Waals surface area contributed by atoms with E-state index in [0.29, 0.717) is 0 Å². The average molecular weight is 668 g/mol. The van der Waals surface area contributed by atoms with E-state index in [4.69, 9.17) is 8.83 Å². The van der Waals surface area contributed by atoms with Crippen LogP contribution in [-0.4, -0.2) is 0 Å². The van der Waals surface area contributed by atoms with Gasteiger partial charge in [-0.2, -0.15) is 0 Å². The van der Waals surface area contributed by atoms with Gasteiger partial charge in [0, 0.05) is 49.5 Å². The van der Waals surface area contributed by atoms with Gasteiger partial charge in [0.25, 0.3) is 0 Å². The molecule has 0 aliphatic heterocycles. The van der Waals surface area contributed by atoms with Crippen LogP contribution in [0.15, 0.2) is 173 Å². The third-order valence-corrected chi connectivity index (χ3v) is 11.2. The first kappa shape index (κ1) is 29.2. The standard InChI is InChI=1S/C49H33NO2/c1-49(2)39-17-8-5-15-36(39)47-40(49)18-11-19-41(47)50(33-26-27-44-38(29-33)35-14-6-9-20-42(35)51-44)32-24-22-30(23-25-32)46-34-13-4-3-12-31(34)28-45-48(46)37-16-7-10-21-43(37)52-45/h3-29H,1-2H3. The van der Waals surface area contributed by atoms with E-state index in [1.807, 2.05) is 18.2 Å². The summed E-state index contributed by atoms with van der Waals surface area (Å²) >= 11 is 0. The van der Waals surface area contributed by atoms with Crippen molar-refractivity contribution in [2.24, 2.45) is 0 Å². The van der Waals surface area contributed by atoms with Gasteiger partial charge in [0.05, 0.1) is 5.69 Å². The van der Waals surface area contributed by atoms with Gasteiger partial charge in [-0.25, -0.2) is 0 Å². The molecule has 3 nitrogen and oxygen atoms in total. The Kier molecular flexibility index (Phi) is 6.01. The second-order valence-corrected chi connectivity index (χ2v) is 14.5. The second kappa shape index (κ2) is 10.7. The lowest BCUT2D eigenvalue weighted by molar-refractivity contribution is 0.660. The van der Waals surface area contributed by atoms with E-state index < -0.39 is 0 Å². The third kappa shape index (κ3) is 4.08. The Labute approximate surface area is 301 Å². The lowest BCUT2D eigenvalue weighted by atomic mass is 9.82. The summed E-state index contributed by atoms with van der Waals surface area (Å²) in [6.07, 6.45) is 0. The van der Waals surface area contributed by atoms with Crippen molar-refractivity contribution in [3.8, 4) is 22.3 Å². The Balaban J connectivity index is 1.16. The maximum atomic E-state index is 6.43. The Morgan fingerprint density at radius 1 is 0.442 bits per heavy atom. The molecule has 0 saturated carbocycles. The first-order chi connectivity index (χ1) is 25.5. The number of hydrogen-bond donors (Lipinski definition) is 0. The van der Waals surface area contributed by atoms with Crippen molar-refractivity contribution in [2.75, 3.05) is 4.90 Å². The predicted molar refractivity (Wildman–Crippen MR) is 216 cm³/mol. The Morgan fingerprint density at radius 2 is 1.08 bits per heavy atom. The summed E-state index contributed by atoms with van der Waals surface area (Å²) in [5.74, 6) is 0. The van der Waals surface area contributed by atoms with E-state index in [0.717, 1.165) is 71.9 Å². The minimum absolute atomic E-state index is 0.116. The number of benzene rings is 8. The lowest BCUT2D eigenvalue weighted by Gasteiger charge is -2.29. The predicted octanol–water partition coefficient (Wildman–Crippen LogP) is 14.1. The van der Waals surface area contributed by atoms with Crippen LogP contribution in [-0.2, 0) is 5.41 Å². The van der Waals surface area contributed by atoms with Crippen molar-refractivity contribution in [3.05, 3.63) is 175 Å². The molecule has 0 spiro atoms. The van der Waals surface area contributed by atoms with Crippen molar-refractivity contribution in [2.45, 2.75) is 19.3 Å². The number of hydrogen-bond acceptors (Lipinski definition) is 3. The van der Waals surface area contributed by atoms with Crippen LogP contribution in [0.3, 0.4) is 0 Å². The van der Waals surface area contributed by atoms with E-state index in [-0.39, 0.29) is 5.41 Å². The fraction of sp³-hybridized carbons (Fsp3) is 0.0612. The molecular formula is C49H33NO2. The fourth-order valence-corrected chi connectivity index (χ4v) is 8.83. The molecule has 2 aromatic heterocycles. The quantitative estimate of drug-likeness (QED) is 0.187. The molecule has 0 fully saturated rings. The van der Waals surface area contributed by atoms with Gasteiger partial charge in [0.15, 0.2) is 0 Å². The topological polar surface area (TPSA) is 29.5 Å². The minimum Gasteiger partial charge on any atom is -0.456 e. The number of fused-ring (bicyclic) bond motifs is 10. The second-order valence-electron chi connectivity index (χ2n) is 14.5. The van der Waals surface area contributed by atoms with Gasteiger partial charge in [-0.15, -0.1) is 0 Å². The number of nitrogens with zero attached hydrogens (tertiary/aromatic N) is 1. The fourth-order valence-electron chi connectivity index (χ4n) is 8.83. The molecule has 11 rings (SSSR count). The number of anilines is 3.